The standard InChI is InChI=1S/C14H14ClNO3S.C9H9N3O4.C2H6/c1-2-19-9-5-8-11(12(15)13(9)17)14(18)10(20)6-16(8)7-3-4-7;10-4-2-6(14)5(13)1-3(4)8(15)7(11)9(12)16;1-2/h5-7,17,20H,2-4H2,1H3;1-2,11,13-14H,10H2,(H2,12,16);1-2H3. The minimum Gasteiger partial charge on any atom is -0.504 e. The molecule has 0 saturated heterocycles. The number of hydrogen-bond acceptors (Lipinski definition) is 10. The highest BCUT2D eigenvalue weighted by Gasteiger charge is 2.27. The summed E-state index contributed by atoms with van der Waals surface area (Å²) in [4.78, 5) is 34.6. The van der Waals surface area contributed by atoms with Crippen LogP contribution in [0.25, 0.3) is 10.9 Å². The van der Waals surface area contributed by atoms with Crippen molar-refractivity contribution in [3.63, 3.8) is 0 Å². The zero-order valence-corrected chi connectivity index (χ0v) is 22.6. The lowest BCUT2D eigenvalue weighted by Gasteiger charge is -2.15. The molecule has 3 aromatic rings. The summed E-state index contributed by atoms with van der Waals surface area (Å²) in [5, 5.41) is 35.7. The van der Waals surface area contributed by atoms with E-state index < -0.39 is 28.9 Å². The second-order valence-electron chi connectivity index (χ2n) is 7.84. The number of nitrogens with two attached hydrogens (primary N) is 2. The van der Waals surface area contributed by atoms with Gasteiger partial charge in [-0.1, -0.05) is 25.4 Å². The fraction of sp³-hybridized carbons (Fsp3) is 0.280. The maximum atomic E-state index is 12.2. The van der Waals surface area contributed by atoms with Crippen molar-refractivity contribution in [2.24, 2.45) is 5.73 Å². The first-order valence-corrected chi connectivity index (χ1v) is 12.4. The molecule has 0 radical (unpaired) electrons. The Labute approximate surface area is 228 Å². The number of halogens is 1. The number of amides is 1. The fourth-order valence-corrected chi connectivity index (χ4v) is 3.88. The summed E-state index contributed by atoms with van der Waals surface area (Å²) in [6.45, 7) is 6.23. The van der Waals surface area contributed by atoms with Crippen LogP contribution in [-0.2, 0) is 4.79 Å². The molecule has 0 unspecified atom stereocenters. The molecular formula is C25H29ClN4O7S. The minimum absolute atomic E-state index is 0.0289. The SMILES string of the molecule is CC.CCOc1cc2c(c(Cl)c1O)c(=O)c(S)cn2C1CC1.N=C(C(N)=O)C(=O)c1cc(O)c(O)cc1N. The van der Waals surface area contributed by atoms with E-state index in [-0.39, 0.29) is 27.5 Å². The summed E-state index contributed by atoms with van der Waals surface area (Å²) in [7, 11) is 0. The van der Waals surface area contributed by atoms with Crippen LogP contribution >= 0.6 is 24.2 Å². The molecule has 1 aromatic heterocycles. The molecule has 1 fully saturated rings. The van der Waals surface area contributed by atoms with E-state index in [0.29, 0.717) is 34.2 Å². The number of carbonyl (C=O) groups is 2. The number of nitrogens with one attached hydrogen (secondary N) is 1. The van der Waals surface area contributed by atoms with Crippen molar-refractivity contribution in [1.29, 1.82) is 5.41 Å². The predicted molar refractivity (Wildman–Crippen MR) is 148 cm³/mol. The second kappa shape index (κ2) is 12.6. The van der Waals surface area contributed by atoms with Crippen molar-refractivity contribution in [2.75, 3.05) is 12.3 Å². The van der Waals surface area contributed by atoms with Crippen molar-refractivity contribution < 1.29 is 29.6 Å². The van der Waals surface area contributed by atoms with Crippen molar-refractivity contribution in [2.45, 2.75) is 44.6 Å². The van der Waals surface area contributed by atoms with E-state index in [1.807, 2.05) is 25.3 Å². The highest BCUT2D eigenvalue weighted by atomic mass is 35.5. The number of nitrogens with zero attached hydrogens (tertiary/aromatic N) is 1. The molecule has 1 aliphatic carbocycles. The number of nitrogen functional groups attached to an aromatic ring is 1. The Morgan fingerprint density at radius 1 is 1.18 bits per heavy atom. The second-order valence-corrected chi connectivity index (χ2v) is 8.70. The van der Waals surface area contributed by atoms with Gasteiger partial charge in [0.2, 0.25) is 11.2 Å². The molecule has 2 aromatic carbocycles. The molecule has 0 spiro atoms. The van der Waals surface area contributed by atoms with E-state index in [4.69, 9.17) is 43.4 Å². The molecule has 1 heterocycles. The lowest BCUT2D eigenvalue weighted by atomic mass is 10.0. The highest BCUT2D eigenvalue weighted by molar-refractivity contribution is 7.80. The van der Waals surface area contributed by atoms with Gasteiger partial charge in [0, 0.05) is 30.1 Å². The molecule has 1 aliphatic rings. The fourth-order valence-electron chi connectivity index (χ4n) is 3.37. The largest absolute Gasteiger partial charge is 0.504 e. The third kappa shape index (κ3) is 6.32. The van der Waals surface area contributed by atoms with E-state index in [2.05, 4.69) is 12.6 Å². The monoisotopic (exact) mass is 564 g/mol. The van der Waals surface area contributed by atoms with Gasteiger partial charge in [-0.2, -0.15) is 0 Å². The molecule has 13 heteroatoms. The molecule has 8 N–H and O–H groups in total. The molecule has 0 bridgehead atoms. The van der Waals surface area contributed by atoms with Crippen LogP contribution < -0.4 is 21.6 Å². The van der Waals surface area contributed by atoms with Crippen LogP contribution in [-0.4, -0.2) is 43.9 Å². The number of carbonyl (C=O) groups excluding carboxylic acids is 2. The highest BCUT2D eigenvalue weighted by Crippen LogP contribution is 2.43. The van der Waals surface area contributed by atoms with E-state index in [9.17, 15) is 19.5 Å². The molecule has 0 aliphatic heterocycles. The normalized spacial score (nSPS) is 12.0. The topological polar surface area (TPSA) is 202 Å². The van der Waals surface area contributed by atoms with Gasteiger partial charge in [0.05, 0.1) is 33.0 Å². The van der Waals surface area contributed by atoms with Crippen molar-refractivity contribution in [1.82, 2.24) is 4.57 Å². The number of aromatic hydroxyl groups is 3. The number of rotatable bonds is 6. The number of benzene rings is 2. The van der Waals surface area contributed by atoms with Gasteiger partial charge < -0.3 is 36.1 Å². The Hall–Kier alpha value is -3.90. The van der Waals surface area contributed by atoms with E-state index >= 15 is 0 Å². The van der Waals surface area contributed by atoms with Gasteiger partial charge in [0.25, 0.3) is 5.91 Å². The van der Waals surface area contributed by atoms with Crippen LogP contribution in [0.1, 0.15) is 50.0 Å². The quantitative estimate of drug-likeness (QED) is 0.0445. The lowest BCUT2D eigenvalue weighted by Crippen LogP contribution is -2.30. The van der Waals surface area contributed by atoms with Gasteiger partial charge in [-0.05, 0) is 25.8 Å². The van der Waals surface area contributed by atoms with Crippen LogP contribution in [0, 0.1) is 5.41 Å². The van der Waals surface area contributed by atoms with Gasteiger partial charge in [-0.25, -0.2) is 0 Å². The number of pyridine rings is 1. The molecule has 4 rings (SSSR count). The maximum Gasteiger partial charge on any atom is 0.270 e. The Bertz CT molecular complexity index is 1470. The molecule has 204 valence electrons. The number of ketones is 1. The average molecular weight is 565 g/mol. The number of ether oxygens (including phenoxy) is 1. The Morgan fingerprint density at radius 3 is 2.29 bits per heavy atom. The van der Waals surface area contributed by atoms with E-state index in [0.717, 1.165) is 25.0 Å². The summed E-state index contributed by atoms with van der Waals surface area (Å²) in [6, 6.07) is 3.84. The summed E-state index contributed by atoms with van der Waals surface area (Å²) >= 11 is 10.4. The lowest BCUT2D eigenvalue weighted by molar-refractivity contribution is -0.111. The Morgan fingerprint density at radius 2 is 1.76 bits per heavy atom. The number of Topliss-reactive ketones (excluding diaryl/α,β-unsaturated/α-hetero) is 1. The van der Waals surface area contributed by atoms with Gasteiger partial charge in [0.1, 0.15) is 0 Å². The maximum absolute atomic E-state index is 12.2. The molecule has 11 nitrogen and oxygen atoms in total. The smallest absolute Gasteiger partial charge is 0.270 e. The average Bonchev–Trinajstić information content (AvgIpc) is 3.72. The predicted octanol–water partition coefficient (Wildman–Crippen LogP) is 3.78. The van der Waals surface area contributed by atoms with Gasteiger partial charge >= 0.3 is 0 Å². The number of fused-ring (bicyclic) bond motifs is 1. The number of primary amides is 1. The number of thiol groups is 1. The number of phenolic OH excluding ortho intramolecular Hbond substituents is 3. The molecule has 0 atom stereocenters. The molecular weight excluding hydrogens is 536 g/mol. The number of hydrogen-bond donors (Lipinski definition) is 7. The van der Waals surface area contributed by atoms with E-state index in [1.54, 1.807) is 12.3 Å². The number of aromatic nitrogens is 1. The van der Waals surface area contributed by atoms with Gasteiger partial charge in [0.15, 0.2) is 28.7 Å². The minimum atomic E-state index is -1.20. The van der Waals surface area contributed by atoms with Gasteiger partial charge in [-0.3, -0.25) is 19.8 Å². The van der Waals surface area contributed by atoms with Crippen molar-refractivity contribution >= 4 is 58.2 Å². The van der Waals surface area contributed by atoms with E-state index in [1.165, 1.54) is 0 Å². The van der Waals surface area contributed by atoms with Crippen LogP contribution in [0.15, 0.2) is 34.1 Å². The number of phenols is 3. The zero-order chi connectivity index (χ0) is 28.9. The summed E-state index contributed by atoms with van der Waals surface area (Å²) in [6.07, 6.45) is 3.86. The third-order valence-electron chi connectivity index (χ3n) is 5.29. The zero-order valence-electron chi connectivity index (χ0n) is 20.9. The molecule has 1 saturated carbocycles. The Balaban J connectivity index is 0.000000257. The third-order valence-corrected chi connectivity index (χ3v) is 5.98. The Kier molecular flexibility index (Phi) is 10.0. The first-order chi connectivity index (χ1) is 17.9. The molecule has 38 heavy (non-hydrogen) atoms. The summed E-state index contributed by atoms with van der Waals surface area (Å²) in [5.74, 6) is -3.18. The van der Waals surface area contributed by atoms with Crippen LogP contribution in [0.5, 0.6) is 23.0 Å². The van der Waals surface area contributed by atoms with Gasteiger partial charge in [-0.15, -0.1) is 12.6 Å². The number of anilines is 1. The van der Waals surface area contributed by atoms with Crippen LogP contribution in [0.2, 0.25) is 5.02 Å². The first kappa shape index (κ1) is 30.3. The van der Waals surface area contributed by atoms with Crippen molar-refractivity contribution in [3.05, 3.63) is 45.2 Å². The van der Waals surface area contributed by atoms with Crippen LogP contribution in [0.3, 0.4) is 0 Å². The van der Waals surface area contributed by atoms with Crippen LogP contribution in [0.4, 0.5) is 5.69 Å². The first-order valence-electron chi connectivity index (χ1n) is 11.6. The molecule has 1 amide bonds. The van der Waals surface area contributed by atoms with Crippen molar-refractivity contribution in [3.8, 4) is 23.0 Å². The summed E-state index contributed by atoms with van der Waals surface area (Å²) in [5.41, 5.74) is 9.18. The summed E-state index contributed by atoms with van der Waals surface area (Å²) < 4.78 is 7.37.